The highest BCUT2D eigenvalue weighted by atomic mass is 15.3. The van der Waals surface area contributed by atoms with E-state index in [0.717, 1.165) is 6.54 Å². The zero-order valence-corrected chi connectivity index (χ0v) is 7.45. The van der Waals surface area contributed by atoms with Crippen LogP contribution in [0.5, 0.6) is 0 Å². The van der Waals surface area contributed by atoms with Gasteiger partial charge >= 0.3 is 0 Å². The van der Waals surface area contributed by atoms with E-state index in [1.54, 1.807) is 0 Å². The maximum Gasteiger partial charge on any atom is 0.0550 e. The fourth-order valence-electron chi connectivity index (χ4n) is 1.83. The molecule has 0 bridgehead atoms. The number of rotatable bonds is 1. The van der Waals surface area contributed by atoms with Crippen molar-refractivity contribution in [2.45, 2.75) is 25.3 Å². The summed E-state index contributed by atoms with van der Waals surface area (Å²) >= 11 is 0. The van der Waals surface area contributed by atoms with Crippen molar-refractivity contribution in [3.05, 3.63) is 18.0 Å². The zero-order chi connectivity index (χ0) is 8.39. The van der Waals surface area contributed by atoms with Crippen LogP contribution in [0.25, 0.3) is 0 Å². The van der Waals surface area contributed by atoms with Gasteiger partial charge in [0, 0.05) is 19.3 Å². The molecule has 1 N–H and O–H groups in total. The molecule has 1 aliphatic rings. The van der Waals surface area contributed by atoms with Crippen molar-refractivity contribution in [1.29, 1.82) is 0 Å². The largest absolute Gasteiger partial charge is 0.309 e. The normalized spacial score (nSPS) is 24.2. The van der Waals surface area contributed by atoms with Crippen LogP contribution in [0.1, 0.15) is 31.0 Å². The molecule has 1 aromatic rings. The lowest BCUT2D eigenvalue weighted by Gasteiger charge is -2.23. The predicted molar refractivity (Wildman–Crippen MR) is 47.8 cm³/mol. The summed E-state index contributed by atoms with van der Waals surface area (Å²) in [5.74, 6) is 0. The third-order valence-electron chi connectivity index (χ3n) is 2.53. The number of nitrogens with one attached hydrogen (secondary N) is 1. The number of hydrogen-bond donors (Lipinski definition) is 1. The molecule has 0 aromatic carbocycles. The molecule has 2 heterocycles. The minimum atomic E-state index is 0.534. The van der Waals surface area contributed by atoms with Crippen LogP contribution in [0.3, 0.4) is 0 Å². The number of aromatic nitrogens is 2. The molecular weight excluding hydrogens is 150 g/mol. The lowest BCUT2D eigenvalue weighted by Crippen LogP contribution is -2.28. The van der Waals surface area contributed by atoms with Crippen molar-refractivity contribution in [1.82, 2.24) is 15.1 Å². The second kappa shape index (κ2) is 3.27. The van der Waals surface area contributed by atoms with E-state index < -0.39 is 0 Å². The molecule has 0 amide bonds. The highest BCUT2D eigenvalue weighted by Gasteiger charge is 2.16. The molecular formula is C9H15N3. The van der Waals surface area contributed by atoms with Crippen LogP contribution < -0.4 is 5.32 Å². The summed E-state index contributed by atoms with van der Waals surface area (Å²) in [6.07, 6.45) is 5.77. The smallest absolute Gasteiger partial charge is 0.0550 e. The van der Waals surface area contributed by atoms with Crippen molar-refractivity contribution in [2.75, 3.05) is 6.54 Å². The Morgan fingerprint density at radius 3 is 3.08 bits per heavy atom. The van der Waals surface area contributed by atoms with Crippen LogP contribution in [0, 0.1) is 0 Å². The maximum absolute atomic E-state index is 4.17. The minimum absolute atomic E-state index is 0.534. The summed E-state index contributed by atoms with van der Waals surface area (Å²) in [7, 11) is 2.01. The van der Waals surface area contributed by atoms with Gasteiger partial charge in [0.05, 0.1) is 5.69 Å². The lowest BCUT2D eigenvalue weighted by atomic mass is 10.0. The van der Waals surface area contributed by atoms with E-state index in [9.17, 15) is 0 Å². The van der Waals surface area contributed by atoms with Gasteiger partial charge < -0.3 is 5.32 Å². The van der Waals surface area contributed by atoms with Crippen molar-refractivity contribution >= 4 is 0 Å². The first-order chi connectivity index (χ1) is 5.88. The van der Waals surface area contributed by atoms with E-state index in [2.05, 4.69) is 16.5 Å². The first kappa shape index (κ1) is 7.80. The van der Waals surface area contributed by atoms with E-state index in [1.807, 2.05) is 17.9 Å². The summed E-state index contributed by atoms with van der Waals surface area (Å²) < 4.78 is 1.96. The number of nitrogens with zero attached hydrogens (tertiary/aromatic N) is 2. The average Bonchev–Trinajstić information content (AvgIpc) is 2.53. The highest BCUT2D eigenvalue weighted by molar-refractivity contribution is 5.07. The topological polar surface area (TPSA) is 29.9 Å². The highest BCUT2D eigenvalue weighted by Crippen LogP contribution is 2.21. The molecule has 2 rings (SSSR count). The van der Waals surface area contributed by atoms with Gasteiger partial charge in [0.15, 0.2) is 0 Å². The van der Waals surface area contributed by atoms with E-state index >= 15 is 0 Å². The number of piperidine rings is 1. The van der Waals surface area contributed by atoms with Crippen molar-refractivity contribution < 1.29 is 0 Å². The Morgan fingerprint density at radius 2 is 2.50 bits per heavy atom. The molecule has 1 aliphatic heterocycles. The van der Waals surface area contributed by atoms with Crippen molar-refractivity contribution in [3.8, 4) is 0 Å². The molecule has 1 fully saturated rings. The summed E-state index contributed by atoms with van der Waals surface area (Å²) in [5.41, 5.74) is 1.31. The molecule has 0 aliphatic carbocycles. The van der Waals surface area contributed by atoms with Gasteiger partial charge in [0.25, 0.3) is 0 Å². The molecule has 12 heavy (non-hydrogen) atoms. The molecule has 1 unspecified atom stereocenters. The van der Waals surface area contributed by atoms with Gasteiger partial charge in [-0.2, -0.15) is 5.10 Å². The van der Waals surface area contributed by atoms with E-state index in [1.165, 1.54) is 25.0 Å². The molecule has 3 nitrogen and oxygen atoms in total. The molecule has 1 aromatic heterocycles. The van der Waals surface area contributed by atoms with E-state index in [-0.39, 0.29) is 0 Å². The SMILES string of the molecule is Cn1nccc1C1CCCCN1. The van der Waals surface area contributed by atoms with Gasteiger partial charge in [-0.15, -0.1) is 0 Å². The Labute approximate surface area is 72.8 Å². The summed E-state index contributed by atoms with van der Waals surface area (Å²) in [6, 6.07) is 2.63. The Kier molecular flexibility index (Phi) is 2.13. The van der Waals surface area contributed by atoms with Gasteiger partial charge in [-0.05, 0) is 25.5 Å². The Hall–Kier alpha value is -0.830. The van der Waals surface area contributed by atoms with Crippen LogP contribution in [0.2, 0.25) is 0 Å². The summed E-state index contributed by atoms with van der Waals surface area (Å²) in [6.45, 7) is 1.15. The Morgan fingerprint density at radius 1 is 1.58 bits per heavy atom. The second-order valence-corrected chi connectivity index (χ2v) is 3.38. The fraction of sp³-hybridized carbons (Fsp3) is 0.667. The van der Waals surface area contributed by atoms with Crippen LogP contribution in [0.15, 0.2) is 12.3 Å². The molecule has 0 spiro atoms. The zero-order valence-electron chi connectivity index (χ0n) is 7.45. The average molecular weight is 165 g/mol. The fourth-order valence-corrected chi connectivity index (χ4v) is 1.83. The van der Waals surface area contributed by atoms with Crippen LogP contribution >= 0.6 is 0 Å². The predicted octanol–water partition coefficient (Wildman–Crippen LogP) is 1.23. The van der Waals surface area contributed by atoms with Crippen molar-refractivity contribution in [2.24, 2.45) is 7.05 Å². The van der Waals surface area contributed by atoms with E-state index in [4.69, 9.17) is 0 Å². The van der Waals surface area contributed by atoms with Crippen molar-refractivity contribution in [3.63, 3.8) is 0 Å². The quantitative estimate of drug-likeness (QED) is 0.678. The van der Waals surface area contributed by atoms with Gasteiger partial charge in [0.2, 0.25) is 0 Å². The Bertz CT molecular complexity index is 248. The van der Waals surface area contributed by atoms with Gasteiger partial charge in [-0.25, -0.2) is 0 Å². The van der Waals surface area contributed by atoms with Gasteiger partial charge in [-0.1, -0.05) is 6.42 Å². The molecule has 1 saturated heterocycles. The third-order valence-corrected chi connectivity index (χ3v) is 2.53. The van der Waals surface area contributed by atoms with Crippen LogP contribution in [-0.2, 0) is 7.05 Å². The first-order valence-corrected chi connectivity index (χ1v) is 4.59. The number of hydrogen-bond acceptors (Lipinski definition) is 2. The molecule has 0 radical (unpaired) electrons. The van der Waals surface area contributed by atoms with E-state index in [0.29, 0.717) is 6.04 Å². The summed E-state index contributed by atoms with van der Waals surface area (Å²) in [5, 5.41) is 7.67. The monoisotopic (exact) mass is 165 g/mol. The summed E-state index contributed by atoms with van der Waals surface area (Å²) in [4.78, 5) is 0. The molecule has 0 saturated carbocycles. The minimum Gasteiger partial charge on any atom is -0.309 e. The Balaban J connectivity index is 2.13. The third kappa shape index (κ3) is 1.37. The molecule has 1 atom stereocenters. The number of aryl methyl sites for hydroxylation is 1. The van der Waals surface area contributed by atoms with Gasteiger partial charge in [0.1, 0.15) is 0 Å². The van der Waals surface area contributed by atoms with Gasteiger partial charge in [-0.3, -0.25) is 4.68 Å². The van der Waals surface area contributed by atoms with Crippen LogP contribution in [0.4, 0.5) is 0 Å². The molecule has 66 valence electrons. The second-order valence-electron chi connectivity index (χ2n) is 3.38. The standard InChI is InChI=1S/C9H15N3/c1-12-9(5-7-11-12)8-4-2-3-6-10-8/h5,7-8,10H,2-4,6H2,1H3. The molecule has 3 heteroatoms. The van der Waals surface area contributed by atoms with Crippen LogP contribution in [-0.4, -0.2) is 16.3 Å². The first-order valence-electron chi connectivity index (χ1n) is 4.59. The lowest BCUT2D eigenvalue weighted by molar-refractivity contribution is 0.394. The maximum atomic E-state index is 4.17.